The molecule has 12 heteroatoms. The van der Waals surface area contributed by atoms with E-state index in [9.17, 15) is 22.8 Å². The normalized spacial score (nSPS) is 13.6. The van der Waals surface area contributed by atoms with Gasteiger partial charge in [-0.15, -0.1) is 11.3 Å². The summed E-state index contributed by atoms with van der Waals surface area (Å²) in [7, 11) is 0. The van der Waals surface area contributed by atoms with Crippen molar-refractivity contribution in [1.82, 2.24) is 14.8 Å². The molecule has 0 aliphatic heterocycles. The molecule has 0 spiro atoms. The Bertz CT molecular complexity index is 1200. The first-order chi connectivity index (χ1) is 15.1. The van der Waals surface area contributed by atoms with Gasteiger partial charge in [-0.2, -0.15) is 18.3 Å². The van der Waals surface area contributed by atoms with Crippen molar-refractivity contribution >= 4 is 40.4 Å². The number of primary amides is 1. The van der Waals surface area contributed by atoms with Crippen molar-refractivity contribution in [3.63, 3.8) is 0 Å². The molecule has 1 aliphatic carbocycles. The predicted octanol–water partition coefficient (Wildman–Crippen LogP) is 4.29. The molecule has 4 rings (SSSR count). The second kappa shape index (κ2) is 8.55. The SMILES string of the molecule is NC(=O)c1cc(Cl)ccc1NC(=O)c1csc(Cn2nc(C(F)(F)F)c3c2CCCC3)n1. The number of nitrogens with one attached hydrogen (secondary N) is 1. The fraction of sp³-hybridized carbons (Fsp3) is 0.300. The highest BCUT2D eigenvalue weighted by molar-refractivity contribution is 7.09. The molecule has 0 atom stereocenters. The fourth-order valence-electron chi connectivity index (χ4n) is 3.66. The van der Waals surface area contributed by atoms with Crippen LogP contribution < -0.4 is 11.1 Å². The second-order valence-electron chi connectivity index (χ2n) is 7.27. The summed E-state index contributed by atoms with van der Waals surface area (Å²) < 4.78 is 41.5. The maximum Gasteiger partial charge on any atom is 0.435 e. The molecule has 0 unspecified atom stereocenters. The Labute approximate surface area is 189 Å². The summed E-state index contributed by atoms with van der Waals surface area (Å²) in [5.74, 6) is -1.35. The van der Waals surface area contributed by atoms with Crippen molar-refractivity contribution in [3.05, 3.63) is 61.8 Å². The third-order valence-electron chi connectivity index (χ3n) is 5.09. The number of carbonyl (C=O) groups is 2. The van der Waals surface area contributed by atoms with Crippen LogP contribution in [0.1, 0.15) is 55.6 Å². The number of nitrogens with two attached hydrogens (primary N) is 1. The Hall–Kier alpha value is -2.92. The summed E-state index contributed by atoms with van der Waals surface area (Å²) in [4.78, 5) is 28.4. The number of thiazole rings is 1. The van der Waals surface area contributed by atoms with E-state index >= 15 is 0 Å². The van der Waals surface area contributed by atoms with E-state index < -0.39 is 23.7 Å². The minimum atomic E-state index is -4.52. The highest BCUT2D eigenvalue weighted by Crippen LogP contribution is 2.36. The van der Waals surface area contributed by atoms with Crippen LogP contribution >= 0.6 is 22.9 Å². The van der Waals surface area contributed by atoms with E-state index in [1.54, 1.807) is 0 Å². The van der Waals surface area contributed by atoms with Crippen LogP contribution in [0.3, 0.4) is 0 Å². The average molecular weight is 484 g/mol. The molecule has 2 amide bonds. The number of amides is 2. The standard InChI is InChI=1S/C20H17ClF3N5O2S/c21-10-5-6-13(12(7-10)18(25)30)27-19(31)14-9-32-16(26-14)8-29-15-4-2-1-3-11(15)17(28-29)20(22,23)24/h5-7,9H,1-4,8H2,(H2,25,30)(H,27,31). The quantitative estimate of drug-likeness (QED) is 0.565. The second-order valence-corrected chi connectivity index (χ2v) is 8.65. The Morgan fingerprint density at radius 3 is 2.72 bits per heavy atom. The molecular weight excluding hydrogens is 467 g/mol. The van der Waals surface area contributed by atoms with Gasteiger partial charge in [-0.1, -0.05) is 11.6 Å². The van der Waals surface area contributed by atoms with Gasteiger partial charge in [0.25, 0.3) is 11.8 Å². The lowest BCUT2D eigenvalue weighted by molar-refractivity contribution is -0.142. The average Bonchev–Trinajstić information content (AvgIpc) is 3.34. The van der Waals surface area contributed by atoms with Gasteiger partial charge in [0.05, 0.1) is 17.8 Å². The van der Waals surface area contributed by atoms with E-state index in [4.69, 9.17) is 17.3 Å². The molecule has 0 radical (unpaired) electrons. The molecule has 1 aromatic carbocycles. The lowest BCUT2D eigenvalue weighted by Crippen LogP contribution is -2.18. The maximum absolute atomic E-state index is 13.4. The maximum atomic E-state index is 13.4. The van der Waals surface area contributed by atoms with E-state index in [0.29, 0.717) is 30.0 Å². The minimum Gasteiger partial charge on any atom is -0.366 e. The van der Waals surface area contributed by atoms with Gasteiger partial charge in [-0.25, -0.2) is 4.98 Å². The van der Waals surface area contributed by atoms with E-state index in [1.807, 2.05) is 0 Å². The third-order valence-corrected chi connectivity index (χ3v) is 6.16. The zero-order valence-electron chi connectivity index (χ0n) is 16.5. The molecule has 0 saturated heterocycles. The summed E-state index contributed by atoms with van der Waals surface area (Å²) >= 11 is 7.00. The van der Waals surface area contributed by atoms with Crippen molar-refractivity contribution in [3.8, 4) is 0 Å². The number of alkyl halides is 3. The van der Waals surface area contributed by atoms with E-state index in [-0.39, 0.29) is 34.1 Å². The Balaban J connectivity index is 1.55. The number of benzene rings is 1. The summed E-state index contributed by atoms with van der Waals surface area (Å²) in [6.07, 6.45) is -2.16. The van der Waals surface area contributed by atoms with Gasteiger partial charge in [0.15, 0.2) is 5.69 Å². The first-order valence-electron chi connectivity index (χ1n) is 9.64. The van der Waals surface area contributed by atoms with Crippen LogP contribution in [-0.2, 0) is 25.6 Å². The number of carbonyl (C=O) groups excluding carboxylic acids is 2. The molecule has 0 bridgehead atoms. The number of anilines is 1. The number of hydrogen-bond acceptors (Lipinski definition) is 5. The van der Waals surface area contributed by atoms with Gasteiger partial charge < -0.3 is 11.1 Å². The fourth-order valence-corrected chi connectivity index (χ4v) is 4.59. The molecule has 2 heterocycles. The van der Waals surface area contributed by atoms with Crippen LogP contribution in [-0.4, -0.2) is 26.6 Å². The number of hydrogen-bond donors (Lipinski definition) is 2. The zero-order valence-corrected chi connectivity index (χ0v) is 18.1. The van der Waals surface area contributed by atoms with Gasteiger partial charge in [0, 0.05) is 21.7 Å². The first kappa shape index (κ1) is 22.3. The van der Waals surface area contributed by atoms with Gasteiger partial charge >= 0.3 is 6.18 Å². The topological polar surface area (TPSA) is 103 Å². The molecular formula is C20H17ClF3N5O2S. The van der Waals surface area contributed by atoms with Crippen molar-refractivity contribution in [1.29, 1.82) is 0 Å². The number of nitrogens with zero attached hydrogens (tertiary/aromatic N) is 3. The van der Waals surface area contributed by atoms with E-state index in [0.717, 1.165) is 17.8 Å². The molecule has 3 N–H and O–H groups in total. The predicted molar refractivity (Wildman–Crippen MR) is 113 cm³/mol. The lowest BCUT2D eigenvalue weighted by atomic mass is 9.95. The summed E-state index contributed by atoms with van der Waals surface area (Å²) in [6.45, 7) is 0.0316. The van der Waals surface area contributed by atoms with Crippen LogP contribution in [0.25, 0.3) is 0 Å². The number of rotatable bonds is 5. The molecule has 7 nitrogen and oxygen atoms in total. The molecule has 0 fully saturated rings. The van der Waals surface area contributed by atoms with E-state index in [1.165, 1.54) is 28.3 Å². The first-order valence-corrected chi connectivity index (χ1v) is 10.9. The van der Waals surface area contributed by atoms with Crippen LogP contribution in [0.5, 0.6) is 0 Å². The largest absolute Gasteiger partial charge is 0.435 e. The van der Waals surface area contributed by atoms with Gasteiger partial charge in [0.1, 0.15) is 10.7 Å². The molecule has 3 aromatic rings. The Morgan fingerprint density at radius 2 is 2.00 bits per heavy atom. The van der Waals surface area contributed by atoms with Crippen molar-refractivity contribution in [2.24, 2.45) is 5.73 Å². The van der Waals surface area contributed by atoms with Crippen LogP contribution in [0.4, 0.5) is 18.9 Å². The Morgan fingerprint density at radius 1 is 1.25 bits per heavy atom. The summed E-state index contributed by atoms with van der Waals surface area (Å²) in [6, 6.07) is 4.28. The van der Waals surface area contributed by atoms with Gasteiger partial charge in [0.2, 0.25) is 0 Å². The van der Waals surface area contributed by atoms with Crippen molar-refractivity contribution < 1.29 is 22.8 Å². The monoisotopic (exact) mass is 483 g/mol. The molecule has 1 aliphatic rings. The number of aromatic nitrogens is 3. The highest BCUT2D eigenvalue weighted by atomic mass is 35.5. The summed E-state index contributed by atoms with van der Waals surface area (Å²) in [5, 5.41) is 8.59. The van der Waals surface area contributed by atoms with Crippen LogP contribution in [0.15, 0.2) is 23.6 Å². The number of fused-ring (bicyclic) bond motifs is 1. The highest BCUT2D eigenvalue weighted by Gasteiger charge is 2.39. The molecule has 0 saturated carbocycles. The van der Waals surface area contributed by atoms with Gasteiger partial charge in [-0.3, -0.25) is 14.3 Å². The van der Waals surface area contributed by atoms with Gasteiger partial charge in [-0.05, 0) is 43.9 Å². The van der Waals surface area contributed by atoms with Crippen LogP contribution in [0, 0.1) is 0 Å². The minimum absolute atomic E-state index is 0.0316. The third kappa shape index (κ3) is 4.49. The van der Waals surface area contributed by atoms with Crippen LogP contribution in [0.2, 0.25) is 5.02 Å². The summed E-state index contributed by atoms with van der Waals surface area (Å²) in [5.41, 5.74) is 5.58. The number of halogens is 4. The van der Waals surface area contributed by atoms with E-state index in [2.05, 4.69) is 15.4 Å². The Kier molecular flexibility index (Phi) is 5.95. The van der Waals surface area contributed by atoms with Crippen molar-refractivity contribution in [2.45, 2.75) is 38.4 Å². The molecule has 2 aromatic heterocycles. The molecule has 32 heavy (non-hydrogen) atoms. The molecule has 168 valence electrons. The zero-order chi connectivity index (χ0) is 23.0. The smallest absolute Gasteiger partial charge is 0.366 e. The van der Waals surface area contributed by atoms with Crippen molar-refractivity contribution in [2.75, 3.05) is 5.32 Å². The lowest BCUT2D eigenvalue weighted by Gasteiger charge is -2.14.